The molecule has 1 amide bonds. The number of thioether (sulfide) groups is 1. The van der Waals surface area contributed by atoms with Crippen LogP contribution in [-0.4, -0.2) is 31.9 Å². The summed E-state index contributed by atoms with van der Waals surface area (Å²) in [7, 11) is 0. The molecule has 0 saturated heterocycles. The molecule has 0 fully saturated rings. The first-order valence-electron chi connectivity index (χ1n) is 7.44. The molecule has 1 atom stereocenters. The van der Waals surface area contributed by atoms with Gasteiger partial charge in [0.1, 0.15) is 5.76 Å². The predicted octanol–water partition coefficient (Wildman–Crippen LogP) is 2.53. The lowest BCUT2D eigenvalue weighted by atomic mass is 10.2. The molecular formula is C16H17N5O2S. The van der Waals surface area contributed by atoms with Crippen molar-refractivity contribution in [3.05, 3.63) is 54.0 Å². The number of carbonyl (C=O) groups excluding carboxylic acids is 1. The molecule has 1 N–H and O–H groups in total. The van der Waals surface area contributed by atoms with Crippen LogP contribution < -0.4 is 5.32 Å². The third-order valence-electron chi connectivity index (χ3n) is 3.40. The zero-order valence-electron chi connectivity index (χ0n) is 13.3. The third-order valence-corrected chi connectivity index (χ3v) is 4.32. The molecule has 3 rings (SSSR count). The summed E-state index contributed by atoms with van der Waals surface area (Å²) in [6.07, 6.45) is 1.59. The second-order valence-electron chi connectivity index (χ2n) is 5.30. The maximum absolute atomic E-state index is 12.1. The molecule has 0 aliphatic carbocycles. The van der Waals surface area contributed by atoms with E-state index >= 15 is 0 Å². The second-order valence-corrected chi connectivity index (χ2v) is 6.24. The largest absolute Gasteiger partial charge is 0.467 e. The van der Waals surface area contributed by atoms with E-state index in [4.69, 9.17) is 4.42 Å². The quantitative estimate of drug-likeness (QED) is 0.692. The molecule has 8 heteroatoms. The number of hydrogen-bond donors (Lipinski definition) is 1. The Morgan fingerprint density at radius 3 is 2.83 bits per heavy atom. The van der Waals surface area contributed by atoms with Gasteiger partial charge >= 0.3 is 0 Å². The highest BCUT2D eigenvalue weighted by Gasteiger charge is 2.14. The van der Waals surface area contributed by atoms with Gasteiger partial charge in [0.25, 0.3) is 0 Å². The van der Waals surface area contributed by atoms with E-state index < -0.39 is 0 Å². The van der Waals surface area contributed by atoms with Gasteiger partial charge in [-0.25, -0.2) is 0 Å². The lowest BCUT2D eigenvalue weighted by Crippen LogP contribution is -2.28. The number of tetrazole rings is 1. The first-order valence-corrected chi connectivity index (χ1v) is 8.43. The number of hydrogen-bond acceptors (Lipinski definition) is 6. The van der Waals surface area contributed by atoms with Gasteiger partial charge in [0.15, 0.2) is 0 Å². The minimum Gasteiger partial charge on any atom is -0.467 e. The zero-order chi connectivity index (χ0) is 16.9. The first kappa shape index (κ1) is 16.3. The monoisotopic (exact) mass is 343 g/mol. The summed E-state index contributed by atoms with van der Waals surface area (Å²) in [6.45, 7) is 3.89. The van der Waals surface area contributed by atoms with Crippen LogP contribution in [0.5, 0.6) is 0 Å². The van der Waals surface area contributed by atoms with Gasteiger partial charge in [-0.05, 0) is 48.5 Å². The minimum absolute atomic E-state index is 0.109. The van der Waals surface area contributed by atoms with Crippen LogP contribution in [0.25, 0.3) is 5.69 Å². The summed E-state index contributed by atoms with van der Waals surface area (Å²) in [5, 5.41) is 15.1. The molecule has 2 heterocycles. The Bertz CT molecular complexity index is 798. The fourth-order valence-corrected chi connectivity index (χ4v) is 2.84. The topological polar surface area (TPSA) is 85.8 Å². The van der Waals surface area contributed by atoms with Crippen molar-refractivity contribution in [2.75, 3.05) is 5.75 Å². The van der Waals surface area contributed by atoms with Crippen molar-refractivity contribution in [3.8, 4) is 5.69 Å². The molecule has 0 aliphatic heterocycles. The molecule has 124 valence electrons. The second kappa shape index (κ2) is 7.31. The van der Waals surface area contributed by atoms with E-state index in [-0.39, 0.29) is 17.7 Å². The molecule has 24 heavy (non-hydrogen) atoms. The van der Waals surface area contributed by atoms with Crippen LogP contribution in [0.1, 0.15) is 24.3 Å². The van der Waals surface area contributed by atoms with Gasteiger partial charge in [-0.15, -0.1) is 5.10 Å². The number of nitrogens with zero attached hydrogens (tertiary/aromatic N) is 4. The fraction of sp³-hybridized carbons (Fsp3) is 0.250. The maximum atomic E-state index is 12.1. The van der Waals surface area contributed by atoms with Crippen molar-refractivity contribution in [3.63, 3.8) is 0 Å². The van der Waals surface area contributed by atoms with Gasteiger partial charge in [-0.2, -0.15) is 4.68 Å². The van der Waals surface area contributed by atoms with E-state index in [2.05, 4.69) is 20.8 Å². The number of aryl methyl sites for hydroxylation is 1. The molecule has 0 unspecified atom stereocenters. The average Bonchev–Trinajstić information content (AvgIpc) is 3.25. The van der Waals surface area contributed by atoms with E-state index in [0.717, 1.165) is 17.0 Å². The molecule has 2 aromatic heterocycles. The highest BCUT2D eigenvalue weighted by atomic mass is 32.2. The maximum Gasteiger partial charge on any atom is 0.231 e. The lowest BCUT2D eigenvalue weighted by molar-refractivity contribution is -0.119. The van der Waals surface area contributed by atoms with E-state index in [0.29, 0.717) is 5.16 Å². The van der Waals surface area contributed by atoms with E-state index in [1.165, 1.54) is 11.8 Å². The van der Waals surface area contributed by atoms with Crippen molar-refractivity contribution in [2.24, 2.45) is 0 Å². The SMILES string of the molecule is Cc1ccc(-n2nnnc2SCC(=O)N[C@@H](C)c2ccco2)cc1. The minimum atomic E-state index is -0.179. The summed E-state index contributed by atoms with van der Waals surface area (Å²) in [6, 6.07) is 11.3. The molecule has 0 aliphatic rings. The normalized spacial score (nSPS) is 12.1. The van der Waals surface area contributed by atoms with Crippen LogP contribution in [0.2, 0.25) is 0 Å². The summed E-state index contributed by atoms with van der Waals surface area (Å²) >= 11 is 1.28. The van der Waals surface area contributed by atoms with Gasteiger partial charge in [0, 0.05) is 0 Å². The van der Waals surface area contributed by atoms with E-state index in [9.17, 15) is 4.79 Å². The lowest BCUT2D eigenvalue weighted by Gasteiger charge is -2.11. The summed E-state index contributed by atoms with van der Waals surface area (Å²) in [4.78, 5) is 12.1. The molecule has 0 spiro atoms. The van der Waals surface area contributed by atoms with Crippen LogP contribution in [0, 0.1) is 6.92 Å². The Morgan fingerprint density at radius 2 is 2.12 bits per heavy atom. The van der Waals surface area contributed by atoms with Gasteiger partial charge in [0.2, 0.25) is 11.1 Å². The van der Waals surface area contributed by atoms with Crippen molar-refractivity contribution >= 4 is 17.7 Å². The molecule has 7 nitrogen and oxygen atoms in total. The number of rotatable bonds is 6. The van der Waals surface area contributed by atoms with Crippen molar-refractivity contribution in [1.29, 1.82) is 0 Å². The average molecular weight is 343 g/mol. The van der Waals surface area contributed by atoms with Crippen LogP contribution in [0.3, 0.4) is 0 Å². The number of nitrogens with one attached hydrogen (secondary N) is 1. The van der Waals surface area contributed by atoms with Gasteiger partial charge in [0.05, 0.1) is 23.7 Å². The fourth-order valence-electron chi connectivity index (χ4n) is 2.14. The van der Waals surface area contributed by atoms with Gasteiger partial charge in [-0.3, -0.25) is 4.79 Å². The molecule has 0 radical (unpaired) electrons. The molecule has 0 bridgehead atoms. The molecule has 0 saturated carbocycles. The third kappa shape index (κ3) is 3.83. The van der Waals surface area contributed by atoms with Gasteiger partial charge < -0.3 is 9.73 Å². The number of aromatic nitrogens is 4. The van der Waals surface area contributed by atoms with E-state index in [1.54, 1.807) is 17.0 Å². The Labute approximate surface area is 143 Å². The molecular weight excluding hydrogens is 326 g/mol. The smallest absolute Gasteiger partial charge is 0.231 e. The molecule has 1 aromatic carbocycles. The summed E-state index contributed by atoms with van der Waals surface area (Å²) in [5.74, 6) is 0.831. The van der Waals surface area contributed by atoms with Crippen molar-refractivity contribution < 1.29 is 9.21 Å². The zero-order valence-corrected chi connectivity index (χ0v) is 14.2. The number of furan rings is 1. The Kier molecular flexibility index (Phi) is 4.95. The highest BCUT2D eigenvalue weighted by Crippen LogP contribution is 2.19. The van der Waals surface area contributed by atoms with E-state index in [1.807, 2.05) is 44.2 Å². The van der Waals surface area contributed by atoms with Gasteiger partial charge in [-0.1, -0.05) is 29.5 Å². The van der Waals surface area contributed by atoms with Crippen molar-refractivity contribution in [2.45, 2.75) is 25.0 Å². The van der Waals surface area contributed by atoms with Crippen LogP contribution in [-0.2, 0) is 4.79 Å². The van der Waals surface area contributed by atoms with Crippen LogP contribution >= 0.6 is 11.8 Å². The first-order chi connectivity index (χ1) is 11.6. The van der Waals surface area contributed by atoms with Crippen molar-refractivity contribution in [1.82, 2.24) is 25.5 Å². The number of benzene rings is 1. The number of carbonyl (C=O) groups is 1. The Morgan fingerprint density at radius 1 is 1.33 bits per heavy atom. The summed E-state index contributed by atoms with van der Waals surface area (Å²) < 4.78 is 6.89. The molecule has 3 aromatic rings. The van der Waals surface area contributed by atoms with Crippen LogP contribution in [0.4, 0.5) is 0 Å². The number of amides is 1. The Hall–Kier alpha value is -2.61. The Balaban J connectivity index is 1.60. The highest BCUT2D eigenvalue weighted by molar-refractivity contribution is 7.99. The standard InChI is InChI=1S/C16H17N5O2S/c1-11-5-7-13(8-6-11)21-16(18-19-20-21)24-10-15(22)17-12(2)14-4-3-9-23-14/h3-9,12H,10H2,1-2H3,(H,17,22)/t12-/m0/s1. The predicted molar refractivity (Wildman–Crippen MR) is 89.9 cm³/mol. The summed E-state index contributed by atoms with van der Waals surface area (Å²) in [5.41, 5.74) is 2.02. The van der Waals surface area contributed by atoms with Crippen LogP contribution in [0.15, 0.2) is 52.2 Å².